The van der Waals surface area contributed by atoms with Gasteiger partial charge in [0.05, 0.1) is 12.1 Å². The van der Waals surface area contributed by atoms with Crippen LogP contribution in [-0.4, -0.2) is 30.7 Å². The Labute approximate surface area is 121 Å². The molecule has 4 heteroatoms. The molecular weight excluding hydrogens is 252 g/mol. The molecule has 0 aromatic heterocycles. The fourth-order valence-electron chi connectivity index (χ4n) is 4.13. The van der Waals surface area contributed by atoms with Gasteiger partial charge in [0.2, 0.25) is 5.91 Å². The number of amides is 1. The number of fused-ring (bicyclic) bond motifs is 1. The predicted octanol–water partition coefficient (Wildman–Crippen LogP) is 1.97. The van der Waals surface area contributed by atoms with Gasteiger partial charge in [0.15, 0.2) is 0 Å². The van der Waals surface area contributed by atoms with Gasteiger partial charge in [0.25, 0.3) is 0 Å². The summed E-state index contributed by atoms with van der Waals surface area (Å²) in [7, 11) is 0. The largest absolute Gasteiger partial charge is 0.376 e. The van der Waals surface area contributed by atoms with E-state index in [0.717, 1.165) is 32.3 Å². The number of rotatable bonds is 2. The number of hydrogen-bond acceptors (Lipinski definition) is 3. The second kappa shape index (κ2) is 6.44. The van der Waals surface area contributed by atoms with Gasteiger partial charge in [-0.15, -0.1) is 0 Å². The first-order chi connectivity index (χ1) is 9.77. The summed E-state index contributed by atoms with van der Waals surface area (Å²) in [6, 6.07) is 0.149. The van der Waals surface area contributed by atoms with Crippen LogP contribution in [0.15, 0.2) is 0 Å². The number of ether oxygens (including phenoxy) is 1. The molecule has 0 radical (unpaired) electrons. The van der Waals surface area contributed by atoms with Crippen molar-refractivity contribution in [3.63, 3.8) is 0 Å². The van der Waals surface area contributed by atoms with E-state index in [4.69, 9.17) is 10.5 Å². The van der Waals surface area contributed by atoms with Gasteiger partial charge in [-0.25, -0.2) is 0 Å². The highest BCUT2D eigenvalue weighted by molar-refractivity contribution is 5.79. The van der Waals surface area contributed by atoms with Gasteiger partial charge < -0.3 is 15.8 Å². The Balaban J connectivity index is 1.52. The minimum atomic E-state index is 0.0539. The average Bonchev–Trinajstić information content (AvgIpc) is 2.44. The molecule has 4 nitrogen and oxygen atoms in total. The molecule has 1 aliphatic heterocycles. The summed E-state index contributed by atoms with van der Waals surface area (Å²) in [5.41, 5.74) is 6.22. The summed E-state index contributed by atoms with van der Waals surface area (Å²) in [4.78, 5) is 12.5. The first-order valence-electron chi connectivity index (χ1n) is 8.45. The average molecular weight is 280 g/mol. The zero-order valence-corrected chi connectivity index (χ0v) is 12.4. The Bertz CT molecular complexity index is 339. The third kappa shape index (κ3) is 2.86. The summed E-state index contributed by atoms with van der Waals surface area (Å²) >= 11 is 0. The molecule has 2 saturated carbocycles. The maximum atomic E-state index is 12.5. The van der Waals surface area contributed by atoms with Crippen molar-refractivity contribution < 1.29 is 9.53 Å². The molecule has 0 aromatic carbocycles. The van der Waals surface area contributed by atoms with Crippen LogP contribution in [0, 0.1) is 11.8 Å². The van der Waals surface area contributed by atoms with Crippen molar-refractivity contribution in [3.05, 3.63) is 0 Å². The Kier molecular flexibility index (Phi) is 4.61. The van der Waals surface area contributed by atoms with Crippen LogP contribution in [-0.2, 0) is 9.53 Å². The lowest BCUT2D eigenvalue weighted by Crippen LogP contribution is -2.72. The van der Waals surface area contributed by atoms with Crippen LogP contribution in [0.25, 0.3) is 0 Å². The van der Waals surface area contributed by atoms with Crippen LogP contribution < -0.4 is 11.1 Å². The second-order valence-corrected chi connectivity index (χ2v) is 6.80. The smallest absolute Gasteiger partial charge is 0.223 e. The molecule has 3 N–H and O–H groups in total. The highest BCUT2D eigenvalue weighted by Crippen LogP contribution is 2.37. The molecule has 114 valence electrons. The number of hydrogen-bond donors (Lipinski definition) is 2. The van der Waals surface area contributed by atoms with E-state index < -0.39 is 0 Å². The number of carbonyl (C=O) groups excluding carboxylic acids is 1. The van der Waals surface area contributed by atoms with Crippen molar-refractivity contribution in [1.29, 1.82) is 0 Å². The highest BCUT2D eigenvalue weighted by Gasteiger charge is 2.51. The minimum Gasteiger partial charge on any atom is -0.376 e. The van der Waals surface area contributed by atoms with E-state index in [1.807, 2.05) is 0 Å². The zero-order valence-electron chi connectivity index (χ0n) is 12.4. The normalized spacial score (nSPS) is 39.0. The van der Waals surface area contributed by atoms with Gasteiger partial charge in [-0.1, -0.05) is 32.1 Å². The van der Waals surface area contributed by atoms with E-state index in [-0.39, 0.29) is 30.0 Å². The number of carbonyl (C=O) groups is 1. The van der Waals surface area contributed by atoms with Gasteiger partial charge in [0.1, 0.15) is 0 Å². The molecule has 4 unspecified atom stereocenters. The lowest BCUT2D eigenvalue weighted by atomic mass is 9.68. The van der Waals surface area contributed by atoms with Crippen LogP contribution in [0.4, 0.5) is 0 Å². The highest BCUT2D eigenvalue weighted by atomic mass is 16.5. The van der Waals surface area contributed by atoms with Crippen molar-refractivity contribution >= 4 is 5.91 Å². The van der Waals surface area contributed by atoms with Crippen LogP contribution in [0.1, 0.15) is 57.8 Å². The van der Waals surface area contributed by atoms with Crippen LogP contribution in [0.3, 0.4) is 0 Å². The molecule has 3 rings (SSSR count). The molecule has 0 aromatic rings. The summed E-state index contributed by atoms with van der Waals surface area (Å²) in [5, 5.41) is 3.19. The molecule has 3 aliphatic rings. The quantitative estimate of drug-likeness (QED) is 0.813. The molecular formula is C16H28N2O2. The maximum absolute atomic E-state index is 12.5. The third-order valence-corrected chi connectivity index (χ3v) is 5.46. The molecule has 4 atom stereocenters. The number of nitrogens with two attached hydrogens (primary N) is 1. The van der Waals surface area contributed by atoms with Crippen molar-refractivity contribution in [1.82, 2.24) is 5.32 Å². The molecule has 3 fully saturated rings. The van der Waals surface area contributed by atoms with E-state index in [1.165, 1.54) is 32.1 Å². The Hall–Kier alpha value is -0.610. The van der Waals surface area contributed by atoms with Gasteiger partial charge in [-0.05, 0) is 25.7 Å². The molecule has 0 bridgehead atoms. The Morgan fingerprint density at radius 1 is 1.00 bits per heavy atom. The molecule has 20 heavy (non-hydrogen) atoms. The fraction of sp³-hybridized carbons (Fsp3) is 0.938. The van der Waals surface area contributed by atoms with Gasteiger partial charge in [0, 0.05) is 24.5 Å². The summed E-state index contributed by atoms with van der Waals surface area (Å²) in [6.07, 6.45) is 10.8. The summed E-state index contributed by atoms with van der Waals surface area (Å²) in [5.74, 6) is 0.886. The van der Waals surface area contributed by atoms with E-state index in [1.54, 1.807) is 0 Å². The lowest BCUT2D eigenvalue weighted by molar-refractivity contribution is -0.142. The monoisotopic (exact) mass is 280 g/mol. The fourth-order valence-corrected chi connectivity index (χ4v) is 4.13. The van der Waals surface area contributed by atoms with E-state index in [9.17, 15) is 4.79 Å². The van der Waals surface area contributed by atoms with Crippen LogP contribution >= 0.6 is 0 Å². The maximum Gasteiger partial charge on any atom is 0.223 e. The molecule has 0 spiro atoms. The standard InChI is InChI=1S/C16H28N2O2/c17-13-12-9-6-10-20-15(12)14(13)18-16(19)11-7-4-2-1-3-5-8-11/h11-15H,1-10,17H2,(H,18,19). The van der Waals surface area contributed by atoms with Crippen LogP contribution in [0.5, 0.6) is 0 Å². The predicted molar refractivity (Wildman–Crippen MR) is 78.2 cm³/mol. The van der Waals surface area contributed by atoms with Crippen LogP contribution in [0.2, 0.25) is 0 Å². The first-order valence-corrected chi connectivity index (χ1v) is 8.45. The molecule has 1 saturated heterocycles. The Morgan fingerprint density at radius 2 is 1.70 bits per heavy atom. The SMILES string of the molecule is NC1C2CCCOC2C1NC(=O)C1CCCCCCC1. The van der Waals surface area contributed by atoms with E-state index in [2.05, 4.69) is 5.32 Å². The topological polar surface area (TPSA) is 64.3 Å². The van der Waals surface area contributed by atoms with Gasteiger partial charge >= 0.3 is 0 Å². The summed E-state index contributed by atoms with van der Waals surface area (Å²) < 4.78 is 5.80. The van der Waals surface area contributed by atoms with Crippen molar-refractivity contribution in [3.8, 4) is 0 Å². The van der Waals surface area contributed by atoms with Crippen molar-refractivity contribution in [2.75, 3.05) is 6.61 Å². The van der Waals surface area contributed by atoms with Gasteiger partial charge in [-0.2, -0.15) is 0 Å². The van der Waals surface area contributed by atoms with E-state index >= 15 is 0 Å². The third-order valence-electron chi connectivity index (χ3n) is 5.46. The first kappa shape index (κ1) is 14.3. The lowest BCUT2D eigenvalue weighted by Gasteiger charge is -2.52. The zero-order chi connectivity index (χ0) is 13.9. The molecule has 1 heterocycles. The molecule has 2 aliphatic carbocycles. The molecule has 1 amide bonds. The minimum absolute atomic E-state index is 0.0539. The second-order valence-electron chi connectivity index (χ2n) is 6.80. The number of nitrogens with one attached hydrogen (secondary N) is 1. The van der Waals surface area contributed by atoms with Crippen molar-refractivity contribution in [2.45, 2.75) is 76.0 Å². The Morgan fingerprint density at radius 3 is 2.45 bits per heavy atom. The van der Waals surface area contributed by atoms with Gasteiger partial charge in [-0.3, -0.25) is 4.79 Å². The summed E-state index contributed by atoms with van der Waals surface area (Å²) in [6.45, 7) is 0.823. The van der Waals surface area contributed by atoms with E-state index in [0.29, 0.717) is 5.92 Å². The van der Waals surface area contributed by atoms with Crippen molar-refractivity contribution in [2.24, 2.45) is 17.6 Å².